The van der Waals surface area contributed by atoms with E-state index < -0.39 is 5.97 Å². The number of rotatable bonds is 6. The van der Waals surface area contributed by atoms with Gasteiger partial charge in [-0.25, -0.2) is 4.79 Å². The maximum atomic E-state index is 11.5. The number of thioether (sulfide) groups is 1. The Labute approximate surface area is 120 Å². The largest absolute Gasteiger partial charge is 0.481 e. The van der Waals surface area contributed by atoms with Crippen molar-refractivity contribution in [1.82, 2.24) is 5.32 Å². The van der Waals surface area contributed by atoms with E-state index >= 15 is 0 Å². The summed E-state index contributed by atoms with van der Waals surface area (Å²) in [6.45, 7) is 0. The molecule has 0 bridgehead atoms. The summed E-state index contributed by atoms with van der Waals surface area (Å²) in [4.78, 5) is 32.9. The van der Waals surface area contributed by atoms with Crippen molar-refractivity contribution in [1.29, 1.82) is 0 Å². The maximum absolute atomic E-state index is 11.5. The Morgan fingerprint density at radius 2 is 1.60 bits per heavy atom. The topological polar surface area (TPSA) is 108 Å². The molecule has 4 N–H and O–H groups in total. The number of aliphatic carboxylic acids is 1. The van der Waals surface area contributed by atoms with Crippen LogP contribution in [0.4, 0.5) is 16.2 Å². The molecule has 0 fully saturated rings. The van der Waals surface area contributed by atoms with Crippen molar-refractivity contribution in [2.45, 2.75) is 0 Å². The van der Waals surface area contributed by atoms with Crippen molar-refractivity contribution in [3.05, 3.63) is 24.3 Å². The van der Waals surface area contributed by atoms with E-state index in [1.807, 2.05) is 0 Å². The molecule has 7 nitrogen and oxygen atoms in total. The summed E-state index contributed by atoms with van der Waals surface area (Å²) in [5.41, 5.74) is 1.18. The first kappa shape index (κ1) is 15.8. The van der Waals surface area contributed by atoms with E-state index in [0.717, 1.165) is 11.8 Å². The fraction of sp³-hybridized carbons (Fsp3) is 0.250. The van der Waals surface area contributed by atoms with E-state index in [-0.39, 0.29) is 23.4 Å². The van der Waals surface area contributed by atoms with Crippen LogP contribution in [0.15, 0.2) is 24.3 Å². The second-order valence-electron chi connectivity index (χ2n) is 3.72. The number of carboxylic acid groups (broad SMARTS) is 1. The molecule has 0 radical (unpaired) electrons. The molecule has 0 aliphatic rings. The lowest BCUT2D eigenvalue weighted by Crippen LogP contribution is -2.24. The molecular formula is C12H15N3O4S. The van der Waals surface area contributed by atoms with Crippen LogP contribution >= 0.6 is 11.8 Å². The van der Waals surface area contributed by atoms with Crippen LogP contribution in [0.1, 0.15) is 0 Å². The Hall–Kier alpha value is -2.22. The average Bonchev–Trinajstić information content (AvgIpc) is 2.40. The molecular weight excluding hydrogens is 282 g/mol. The first-order valence-electron chi connectivity index (χ1n) is 5.69. The minimum absolute atomic E-state index is 0.0740. The van der Waals surface area contributed by atoms with Gasteiger partial charge in [0.1, 0.15) is 0 Å². The summed E-state index contributed by atoms with van der Waals surface area (Å²) in [5.74, 6) is -1.26. The van der Waals surface area contributed by atoms with Crippen LogP contribution in [-0.4, -0.2) is 41.6 Å². The number of urea groups is 1. The molecule has 0 saturated carbocycles. The van der Waals surface area contributed by atoms with E-state index in [9.17, 15) is 14.4 Å². The standard InChI is InChI=1S/C12H15N3O4S/c1-13-12(19)15-9-4-2-8(3-5-9)14-10(16)6-20-7-11(17)18/h2-5H,6-7H2,1H3,(H,14,16)(H,17,18)(H2,13,15,19). The highest BCUT2D eigenvalue weighted by Crippen LogP contribution is 2.14. The van der Waals surface area contributed by atoms with Gasteiger partial charge in [0.05, 0.1) is 11.5 Å². The number of benzene rings is 1. The zero-order valence-corrected chi connectivity index (χ0v) is 11.6. The first-order valence-corrected chi connectivity index (χ1v) is 6.85. The van der Waals surface area contributed by atoms with Gasteiger partial charge in [-0.2, -0.15) is 0 Å². The lowest BCUT2D eigenvalue weighted by Gasteiger charge is -2.07. The molecule has 1 rings (SSSR count). The summed E-state index contributed by atoms with van der Waals surface area (Å²) in [5, 5.41) is 16.1. The molecule has 108 valence electrons. The second-order valence-corrected chi connectivity index (χ2v) is 4.70. The SMILES string of the molecule is CNC(=O)Nc1ccc(NC(=O)CSCC(=O)O)cc1. The molecule has 0 aliphatic carbocycles. The molecule has 1 aromatic rings. The zero-order chi connectivity index (χ0) is 15.0. The number of amides is 3. The molecule has 0 unspecified atom stereocenters. The number of hydrogen-bond donors (Lipinski definition) is 4. The van der Waals surface area contributed by atoms with Gasteiger partial charge in [-0.05, 0) is 24.3 Å². The molecule has 0 heterocycles. The Morgan fingerprint density at radius 3 is 2.10 bits per heavy atom. The summed E-state index contributed by atoms with van der Waals surface area (Å²) < 4.78 is 0. The molecule has 0 aromatic heterocycles. The van der Waals surface area contributed by atoms with Crippen LogP contribution in [0.3, 0.4) is 0 Å². The maximum Gasteiger partial charge on any atom is 0.318 e. The molecule has 20 heavy (non-hydrogen) atoms. The summed E-state index contributed by atoms with van der Waals surface area (Å²) >= 11 is 1.03. The van der Waals surface area contributed by atoms with Crippen molar-refractivity contribution in [2.24, 2.45) is 0 Å². The zero-order valence-electron chi connectivity index (χ0n) is 10.8. The molecule has 3 amide bonds. The van der Waals surface area contributed by atoms with Crippen molar-refractivity contribution < 1.29 is 19.5 Å². The normalized spacial score (nSPS) is 9.65. The number of anilines is 2. The molecule has 8 heteroatoms. The van der Waals surface area contributed by atoms with Gasteiger partial charge in [0.2, 0.25) is 5.91 Å². The monoisotopic (exact) mass is 297 g/mol. The minimum Gasteiger partial charge on any atom is -0.481 e. The van der Waals surface area contributed by atoms with E-state index in [1.54, 1.807) is 24.3 Å². The van der Waals surface area contributed by atoms with Crippen molar-refractivity contribution >= 4 is 41.0 Å². The second kappa shape index (κ2) is 8.05. The molecule has 0 spiro atoms. The highest BCUT2D eigenvalue weighted by molar-refractivity contribution is 8.00. The highest BCUT2D eigenvalue weighted by Gasteiger charge is 2.05. The molecule has 0 atom stereocenters. The fourth-order valence-corrected chi connectivity index (χ4v) is 1.79. The summed E-state index contributed by atoms with van der Waals surface area (Å²) in [6, 6.07) is 6.26. The van der Waals surface area contributed by atoms with Crippen molar-refractivity contribution in [3.63, 3.8) is 0 Å². The lowest BCUT2D eigenvalue weighted by atomic mass is 10.3. The van der Waals surface area contributed by atoms with Crippen LogP contribution in [0.2, 0.25) is 0 Å². The van der Waals surface area contributed by atoms with Crippen LogP contribution in [-0.2, 0) is 9.59 Å². The van der Waals surface area contributed by atoms with Crippen LogP contribution < -0.4 is 16.0 Å². The predicted molar refractivity (Wildman–Crippen MR) is 78.1 cm³/mol. The average molecular weight is 297 g/mol. The lowest BCUT2D eigenvalue weighted by molar-refractivity contribution is -0.133. The third kappa shape index (κ3) is 6.10. The van der Waals surface area contributed by atoms with Crippen LogP contribution in [0.25, 0.3) is 0 Å². The van der Waals surface area contributed by atoms with Crippen molar-refractivity contribution in [2.75, 3.05) is 29.2 Å². The van der Waals surface area contributed by atoms with E-state index in [2.05, 4.69) is 16.0 Å². The van der Waals surface area contributed by atoms with Crippen LogP contribution in [0, 0.1) is 0 Å². The molecule has 0 aliphatic heterocycles. The van der Waals surface area contributed by atoms with E-state index in [0.29, 0.717) is 11.4 Å². The molecule has 0 saturated heterocycles. The predicted octanol–water partition coefficient (Wildman–Crippen LogP) is 1.19. The third-order valence-electron chi connectivity index (χ3n) is 2.11. The van der Waals surface area contributed by atoms with Gasteiger partial charge >= 0.3 is 12.0 Å². The van der Waals surface area contributed by atoms with Gasteiger partial charge in [0.25, 0.3) is 0 Å². The van der Waals surface area contributed by atoms with Gasteiger partial charge in [0, 0.05) is 18.4 Å². The molecule has 1 aromatic carbocycles. The Bertz CT molecular complexity index is 490. The van der Waals surface area contributed by atoms with E-state index in [1.165, 1.54) is 7.05 Å². The number of carbonyl (C=O) groups excluding carboxylic acids is 2. The number of carboxylic acids is 1. The van der Waals surface area contributed by atoms with E-state index in [4.69, 9.17) is 5.11 Å². The van der Waals surface area contributed by atoms with Gasteiger partial charge in [0.15, 0.2) is 0 Å². The number of nitrogens with one attached hydrogen (secondary N) is 3. The summed E-state index contributed by atoms with van der Waals surface area (Å²) in [7, 11) is 1.51. The Balaban J connectivity index is 2.42. The fourth-order valence-electron chi connectivity index (χ4n) is 1.26. The smallest absolute Gasteiger partial charge is 0.318 e. The Kier molecular flexibility index (Phi) is 6.38. The number of hydrogen-bond acceptors (Lipinski definition) is 4. The number of carbonyl (C=O) groups is 3. The minimum atomic E-state index is -0.951. The van der Waals surface area contributed by atoms with Gasteiger partial charge < -0.3 is 21.1 Å². The quantitative estimate of drug-likeness (QED) is 0.631. The highest BCUT2D eigenvalue weighted by atomic mass is 32.2. The summed E-state index contributed by atoms with van der Waals surface area (Å²) in [6.07, 6.45) is 0. The Morgan fingerprint density at radius 1 is 1.05 bits per heavy atom. The van der Waals surface area contributed by atoms with Crippen LogP contribution in [0.5, 0.6) is 0 Å². The first-order chi connectivity index (χ1) is 9.51. The van der Waals surface area contributed by atoms with Gasteiger partial charge in [-0.1, -0.05) is 0 Å². The van der Waals surface area contributed by atoms with Crippen molar-refractivity contribution in [3.8, 4) is 0 Å². The third-order valence-corrected chi connectivity index (χ3v) is 3.03. The van der Waals surface area contributed by atoms with Gasteiger partial charge in [-0.3, -0.25) is 9.59 Å². The van der Waals surface area contributed by atoms with Gasteiger partial charge in [-0.15, -0.1) is 11.8 Å².